The molecule has 3 nitrogen and oxygen atoms in total. The van der Waals surface area contributed by atoms with E-state index in [0.29, 0.717) is 6.04 Å². The third kappa shape index (κ3) is 4.09. The molecule has 0 saturated carbocycles. The van der Waals surface area contributed by atoms with Gasteiger partial charge in [-0.2, -0.15) is 0 Å². The van der Waals surface area contributed by atoms with E-state index in [1.54, 1.807) is 7.05 Å². The Kier molecular flexibility index (Phi) is 6.54. The SMILES string of the molecule is CCCCC(C)N(C)C(C)C(=O)NC. The summed E-state index contributed by atoms with van der Waals surface area (Å²) >= 11 is 0. The smallest absolute Gasteiger partial charge is 0.236 e. The molecule has 0 saturated heterocycles. The molecule has 0 aromatic carbocycles. The minimum absolute atomic E-state index is 0.0353. The maximum absolute atomic E-state index is 11.4. The number of carbonyl (C=O) groups excluding carboxylic acids is 1. The zero-order chi connectivity index (χ0) is 11.1. The summed E-state index contributed by atoms with van der Waals surface area (Å²) < 4.78 is 0. The number of carbonyl (C=O) groups is 1. The average molecular weight is 200 g/mol. The van der Waals surface area contributed by atoms with E-state index in [0.717, 1.165) is 6.42 Å². The number of nitrogens with zero attached hydrogens (tertiary/aromatic N) is 1. The van der Waals surface area contributed by atoms with Gasteiger partial charge in [-0.3, -0.25) is 9.69 Å². The first-order chi connectivity index (χ1) is 6.54. The van der Waals surface area contributed by atoms with Gasteiger partial charge in [0, 0.05) is 13.1 Å². The highest BCUT2D eigenvalue weighted by atomic mass is 16.2. The maximum Gasteiger partial charge on any atom is 0.236 e. The molecule has 1 amide bonds. The number of hydrogen-bond donors (Lipinski definition) is 1. The van der Waals surface area contributed by atoms with Crippen molar-refractivity contribution in [1.82, 2.24) is 10.2 Å². The van der Waals surface area contributed by atoms with Gasteiger partial charge >= 0.3 is 0 Å². The number of nitrogens with one attached hydrogen (secondary N) is 1. The van der Waals surface area contributed by atoms with Crippen LogP contribution in [0.1, 0.15) is 40.0 Å². The molecule has 0 radical (unpaired) electrons. The second-order valence-corrected chi connectivity index (χ2v) is 3.95. The summed E-state index contributed by atoms with van der Waals surface area (Å²) in [6.07, 6.45) is 3.60. The Labute approximate surface area is 87.9 Å². The van der Waals surface area contributed by atoms with Gasteiger partial charge in [-0.1, -0.05) is 19.8 Å². The maximum atomic E-state index is 11.4. The van der Waals surface area contributed by atoms with E-state index in [2.05, 4.69) is 24.1 Å². The molecule has 3 heteroatoms. The summed E-state index contributed by atoms with van der Waals surface area (Å²) in [5, 5.41) is 2.68. The minimum Gasteiger partial charge on any atom is -0.358 e. The highest BCUT2D eigenvalue weighted by Crippen LogP contribution is 2.09. The van der Waals surface area contributed by atoms with E-state index in [-0.39, 0.29) is 11.9 Å². The Bertz CT molecular complexity index is 171. The van der Waals surface area contributed by atoms with Crippen molar-refractivity contribution in [3.8, 4) is 0 Å². The van der Waals surface area contributed by atoms with Crippen LogP contribution in [0.25, 0.3) is 0 Å². The van der Waals surface area contributed by atoms with Gasteiger partial charge in [-0.15, -0.1) is 0 Å². The third-order valence-electron chi connectivity index (χ3n) is 2.91. The standard InChI is InChI=1S/C11H24N2O/c1-6-7-8-9(2)13(5)10(3)11(14)12-4/h9-10H,6-8H2,1-5H3,(H,12,14). The zero-order valence-corrected chi connectivity index (χ0v) is 10.1. The molecule has 1 N–H and O–H groups in total. The molecular formula is C11H24N2O. The molecule has 0 fully saturated rings. The van der Waals surface area contributed by atoms with E-state index >= 15 is 0 Å². The van der Waals surface area contributed by atoms with Crippen LogP contribution in [-0.2, 0) is 4.79 Å². The number of hydrogen-bond acceptors (Lipinski definition) is 2. The molecule has 0 heterocycles. The van der Waals surface area contributed by atoms with Crippen molar-refractivity contribution in [2.24, 2.45) is 0 Å². The molecule has 0 bridgehead atoms. The number of amides is 1. The summed E-state index contributed by atoms with van der Waals surface area (Å²) in [6.45, 7) is 6.31. The van der Waals surface area contributed by atoms with Crippen LogP contribution < -0.4 is 5.32 Å². The summed E-state index contributed by atoms with van der Waals surface area (Å²) in [6, 6.07) is 0.439. The van der Waals surface area contributed by atoms with E-state index in [9.17, 15) is 4.79 Å². The van der Waals surface area contributed by atoms with Crippen molar-refractivity contribution < 1.29 is 4.79 Å². The molecule has 0 aliphatic carbocycles. The van der Waals surface area contributed by atoms with E-state index in [1.165, 1.54) is 12.8 Å². The van der Waals surface area contributed by atoms with Gasteiger partial charge in [0.25, 0.3) is 0 Å². The predicted molar refractivity (Wildman–Crippen MR) is 60.3 cm³/mol. The van der Waals surface area contributed by atoms with Crippen molar-refractivity contribution >= 4 is 5.91 Å². The lowest BCUT2D eigenvalue weighted by Crippen LogP contribution is -2.45. The monoisotopic (exact) mass is 200 g/mol. The molecule has 0 aromatic rings. The third-order valence-corrected chi connectivity index (χ3v) is 2.91. The Balaban J connectivity index is 4.02. The Morgan fingerprint density at radius 2 is 2.00 bits per heavy atom. The molecule has 84 valence electrons. The minimum atomic E-state index is -0.0353. The van der Waals surface area contributed by atoms with Gasteiger partial charge in [0.2, 0.25) is 5.91 Å². The normalized spacial score (nSPS) is 15.3. The molecule has 0 aliphatic heterocycles. The van der Waals surface area contributed by atoms with Crippen LogP contribution in [0.2, 0.25) is 0 Å². The van der Waals surface area contributed by atoms with Gasteiger partial charge in [-0.25, -0.2) is 0 Å². The van der Waals surface area contributed by atoms with Crippen molar-refractivity contribution in [3.63, 3.8) is 0 Å². The molecular weight excluding hydrogens is 176 g/mol. The van der Waals surface area contributed by atoms with Gasteiger partial charge in [0.1, 0.15) is 0 Å². The Morgan fingerprint density at radius 3 is 2.43 bits per heavy atom. The molecule has 0 rings (SSSR count). The van der Waals surface area contributed by atoms with Crippen molar-refractivity contribution in [3.05, 3.63) is 0 Å². The second kappa shape index (κ2) is 6.82. The first kappa shape index (κ1) is 13.4. The largest absolute Gasteiger partial charge is 0.358 e. The Hall–Kier alpha value is -0.570. The van der Waals surface area contributed by atoms with E-state index in [4.69, 9.17) is 0 Å². The highest BCUT2D eigenvalue weighted by molar-refractivity contribution is 5.80. The van der Waals surface area contributed by atoms with Crippen molar-refractivity contribution in [2.75, 3.05) is 14.1 Å². The van der Waals surface area contributed by atoms with Crippen LogP contribution >= 0.6 is 0 Å². The fourth-order valence-corrected chi connectivity index (χ4v) is 1.48. The Morgan fingerprint density at radius 1 is 1.43 bits per heavy atom. The summed E-state index contributed by atoms with van der Waals surface area (Å²) in [7, 11) is 3.70. The zero-order valence-electron chi connectivity index (χ0n) is 10.1. The van der Waals surface area contributed by atoms with Gasteiger partial charge in [0.15, 0.2) is 0 Å². The lowest BCUT2D eigenvalue weighted by atomic mass is 10.1. The molecule has 0 spiro atoms. The van der Waals surface area contributed by atoms with E-state index in [1.807, 2.05) is 14.0 Å². The van der Waals surface area contributed by atoms with Gasteiger partial charge in [-0.05, 0) is 27.3 Å². The summed E-state index contributed by atoms with van der Waals surface area (Å²) in [4.78, 5) is 13.5. The molecule has 2 atom stereocenters. The molecule has 0 aromatic heterocycles. The lowest BCUT2D eigenvalue weighted by Gasteiger charge is -2.29. The quantitative estimate of drug-likeness (QED) is 0.707. The molecule has 14 heavy (non-hydrogen) atoms. The van der Waals surface area contributed by atoms with Crippen LogP contribution in [0.3, 0.4) is 0 Å². The first-order valence-electron chi connectivity index (χ1n) is 5.48. The number of likely N-dealkylation sites (N-methyl/N-ethyl adjacent to an activating group) is 2. The van der Waals surface area contributed by atoms with E-state index < -0.39 is 0 Å². The topological polar surface area (TPSA) is 32.3 Å². The molecule has 0 aliphatic rings. The van der Waals surface area contributed by atoms with Gasteiger partial charge < -0.3 is 5.32 Å². The fraction of sp³-hybridized carbons (Fsp3) is 0.909. The highest BCUT2D eigenvalue weighted by Gasteiger charge is 2.20. The van der Waals surface area contributed by atoms with Crippen LogP contribution in [-0.4, -0.2) is 37.0 Å². The van der Waals surface area contributed by atoms with Gasteiger partial charge in [0.05, 0.1) is 6.04 Å². The van der Waals surface area contributed by atoms with Crippen LogP contribution in [0, 0.1) is 0 Å². The fourth-order valence-electron chi connectivity index (χ4n) is 1.48. The van der Waals surface area contributed by atoms with Crippen LogP contribution in [0.5, 0.6) is 0 Å². The first-order valence-corrected chi connectivity index (χ1v) is 5.48. The summed E-state index contributed by atoms with van der Waals surface area (Å²) in [5.41, 5.74) is 0. The van der Waals surface area contributed by atoms with Crippen LogP contribution in [0.4, 0.5) is 0 Å². The second-order valence-electron chi connectivity index (χ2n) is 3.95. The van der Waals surface area contributed by atoms with Crippen molar-refractivity contribution in [2.45, 2.75) is 52.1 Å². The summed E-state index contributed by atoms with van der Waals surface area (Å²) in [5.74, 6) is 0.0934. The van der Waals surface area contributed by atoms with Crippen LogP contribution in [0.15, 0.2) is 0 Å². The molecule has 2 unspecified atom stereocenters. The average Bonchev–Trinajstić information content (AvgIpc) is 2.22. The number of unbranched alkanes of at least 4 members (excludes halogenated alkanes) is 1. The number of rotatable bonds is 6. The van der Waals surface area contributed by atoms with Crippen molar-refractivity contribution in [1.29, 1.82) is 0 Å². The lowest BCUT2D eigenvalue weighted by molar-refractivity contribution is -0.125. The predicted octanol–water partition coefficient (Wildman–Crippen LogP) is 1.63.